The van der Waals surface area contributed by atoms with E-state index in [1.165, 1.54) is 0 Å². The second kappa shape index (κ2) is 7.07. The third kappa shape index (κ3) is 9.42. The molecule has 0 aliphatic heterocycles. The van der Waals surface area contributed by atoms with Gasteiger partial charge in [-0.1, -0.05) is 13.3 Å². The molecule has 8 heavy (non-hydrogen) atoms. The number of hydrogen-bond acceptors (Lipinski definition) is 1. The molecule has 0 aliphatic rings. The van der Waals surface area contributed by atoms with E-state index in [9.17, 15) is 4.79 Å². The Morgan fingerprint density at radius 2 is 2.12 bits per heavy atom. The summed E-state index contributed by atoms with van der Waals surface area (Å²) in [5, 5.41) is 0. The second-order valence-electron chi connectivity index (χ2n) is 1.57. The Morgan fingerprint density at radius 3 is 2.25 bits per heavy atom. The Bertz CT molecular complexity index is 65.4. The third-order valence-electron chi connectivity index (χ3n) is 0.777. The molecule has 1 amide bonds. The number of unbranched alkanes of at least 4 members (excludes halogenated alkanes) is 1. The number of carbonyl (C=O) groups excluding carboxylic acids is 1. The molecule has 0 aromatic rings. The third-order valence-corrected chi connectivity index (χ3v) is 0.777. The van der Waals surface area contributed by atoms with Crippen molar-refractivity contribution >= 4 is 24.8 Å². The predicted octanol–water partition coefficient (Wildman–Crippen LogP) is 0.0134. The Labute approximate surface area is 62.0 Å². The molecule has 0 heterocycles. The van der Waals surface area contributed by atoms with Crippen LogP contribution in [0.5, 0.6) is 0 Å². The fraction of sp³-hybridized carbons (Fsp3) is 0.800. The number of amides is 1. The monoisotopic (exact) mass is 109 g/mol. The van der Waals surface area contributed by atoms with Gasteiger partial charge in [-0.15, -0.1) is 0 Å². The standard InChI is InChI=1S/C5H11NO.Li.H/c1-2-3-4-5(6)7;;/h2-4H2,1H3,(H2,6,7);;. The van der Waals surface area contributed by atoms with Crippen molar-refractivity contribution in [3.8, 4) is 0 Å². The van der Waals surface area contributed by atoms with Crippen LogP contribution < -0.4 is 5.73 Å². The zero-order valence-electron chi connectivity index (χ0n) is 4.61. The number of hydrogen-bond donors (Lipinski definition) is 1. The Hall–Kier alpha value is 0.0674. The molecule has 44 valence electrons. The molecule has 0 spiro atoms. The first-order valence-corrected chi connectivity index (χ1v) is 2.55. The Kier molecular flexibility index (Phi) is 9.67. The SMILES string of the molecule is CCCCC(N)=O.[LiH]. The van der Waals surface area contributed by atoms with Crippen LogP contribution in [0, 0.1) is 0 Å². The maximum absolute atomic E-state index is 9.98. The summed E-state index contributed by atoms with van der Waals surface area (Å²) in [4.78, 5) is 9.98. The summed E-state index contributed by atoms with van der Waals surface area (Å²) in [5.41, 5.74) is 4.84. The minimum atomic E-state index is -0.193. The van der Waals surface area contributed by atoms with Gasteiger partial charge in [0.1, 0.15) is 0 Å². The maximum atomic E-state index is 9.98. The van der Waals surface area contributed by atoms with E-state index in [0.29, 0.717) is 6.42 Å². The van der Waals surface area contributed by atoms with Crippen molar-refractivity contribution in [1.82, 2.24) is 0 Å². The van der Waals surface area contributed by atoms with E-state index >= 15 is 0 Å². The van der Waals surface area contributed by atoms with Crippen LogP contribution in [0.15, 0.2) is 0 Å². The molecule has 2 nitrogen and oxygen atoms in total. The van der Waals surface area contributed by atoms with Gasteiger partial charge < -0.3 is 5.73 Å². The van der Waals surface area contributed by atoms with Gasteiger partial charge in [0, 0.05) is 6.42 Å². The zero-order chi connectivity index (χ0) is 5.70. The Morgan fingerprint density at radius 1 is 1.62 bits per heavy atom. The molecule has 2 N–H and O–H groups in total. The number of carbonyl (C=O) groups is 1. The molecule has 0 saturated heterocycles. The second-order valence-corrected chi connectivity index (χ2v) is 1.57. The summed E-state index contributed by atoms with van der Waals surface area (Å²) in [6.45, 7) is 2.03. The van der Waals surface area contributed by atoms with Crippen LogP contribution in [0.4, 0.5) is 0 Å². The van der Waals surface area contributed by atoms with E-state index in [2.05, 4.69) is 0 Å². The minimum absolute atomic E-state index is 0. The first-order valence-electron chi connectivity index (χ1n) is 2.55. The van der Waals surface area contributed by atoms with Gasteiger partial charge in [0.15, 0.2) is 0 Å². The van der Waals surface area contributed by atoms with Crippen molar-refractivity contribution in [2.24, 2.45) is 5.73 Å². The van der Waals surface area contributed by atoms with Crippen molar-refractivity contribution < 1.29 is 4.79 Å². The molecule has 3 heteroatoms. The fourth-order valence-corrected chi connectivity index (χ4v) is 0.351. The van der Waals surface area contributed by atoms with E-state index < -0.39 is 0 Å². The molecular formula is C5H12LiNO. The van der Waals surface area contributed by atoms with E-state index in [1.54, 1.807) is 0 Å². The van der Waals surface area contributed by atoms with Crippen molar-refractivity contribution in [1.29, 1.82) is 0 Å². The van der Waals surface area contributed by atoms with Crippen LogP contribution in [0.2, 0.25) is 0 Å². The first-order chi connectivity index (χ1) is 3.27. The summed E-state index contributed by atoms with van der Waals surface area (Å²) < 4.78 is 0. The summed E-state index contributed by atoms with van der Waals surface area (Å²) in [5.74, 6) is -0.193. The van der Waals surface area contributed by atoms with Crippen LogP contribution in [0.1, 0.15) is 26.2 Å². The van der Waals surface area contributed by atoms with E-state index in [1.807, 2.05) is 6.92 Å². The first kappa shape index (κ1) is 10.9. The van der Waals surface area contributed by atoms with Crippen molar-refractivity contribution in [3.63, 3.8) is 0 Å². The molecule has 0 aromatic carbocycles. The van der Waals surface area contributed by atoms with Gasteiger partial charge in [-0.25, -0.2) is 0 Å². The zero-order valence-corrected chi connectivity index (χ0v) is 4.61. The topological polar surface area (TPSA) is 43.1 Å². The van der Waals surface area contributed by atoms with Gasteiger partial charge in [-0.3, -0.25) is 4.79 Å². The van der Waals surface area contributed by atoms with E-state index in [0.717, 1.165) is 12.8 Å². The normalized spacial score (nSPS) is 7.62. The van der Waals surface area contributed by atoms with Gasteiger partial charge >= 0.3 is 18.9 Å². The molecule has 0 saturated carbocycles. The van der Waals surface area contributed by atoms with Gasteiger partial charge in [-0.2, -0.15) is 0 Å². The average molecular weight is 109 g/mol. The van der Waals surface area contributed by atoms with Crippen molar-refractivity contribution in [2.75, 3.05) is 0 Å². The number of rotatable bonds is 3. The quantitative estimate of drug-likeness (QED) is 0.510. The van der Waals surface area contributed by atoms with Gasteiger partial charge in [-0.05, 0) is 6.42 Å². The van der Waals surface area contributed by atoms with Gasteiger partial charge in [0.2, 0.25) is 5.91 Å². The number of nitrogens with two attached hydrogens (primary N) is 1. The molecule has 0 atom stereocenters. The molecule has 0 unspecified atom stereocenters. The summed E-state index contributed by atoms with van der Waals surface area (Å²) in [7, 11) is 0. The van der Waals surface area contributed by atoms with E-state index in [-0.39, 0.29) is 24.8 Å². The van der Waals surface area contributed by atoms with Crippen LogP contribution in [-0.2, 0) is 4.79 Å². The molecule has 0 fully saturated rings. The summed E-state index contributed by atoms with van der Waals surface area (Å²) >= 11 is 0. The molecule has 0 aromatic heterocycles. The molecule has 0 bridgehead atoms. The fourth-order valence-electron chi connectivity index (χ4n) is 0.351. The number of primary amides is 1. The van der Waals surface area contributed by atoms with Crippen LogP contribution in [0.3, 0.4) is 0 Å². The molecule has 0 rings (SSSR count). The van der Waals surface area contributed by atoms with Gasteiger partial charge in [0.05, 0.1) is 0 Å². The van der Waals surface area contributed by atoms with Crippen LogP contribution >= 0.6 is 0 Å². The van der Waals surface area contributed by atoms with Crippen LogP contribution in [0.25, 0.3) is 0 Å². The molecule has 0 radical (unpaired) electrons. The van der Waals surface area contributed by atoms with Crippen LogP contribution in [-0.4, -0.2) is 24.8 Å². The molecule has 0 aliphatic carbocycles. The van der Waals surface area contributed by atoms with Gasteiger partial charge in [0.25, 0.3) is 0 Å². The Balaban J connectivity index is 0. The predicted molar refractivity (Wildman–Crippen MR) is 35.9 cm³/mol. The average Bonchev–Trinajstić information content (AvgIpc) is 1.61. The van der Waals surface area contributed by atoms with E-state index in [4.69, 9.17) is 5.73 Å². The summed E-state index contributed by atoms with van der Waals surface area (Å²) in [6.07, 6.45) is 2.51. The van der Waals surface area contributed by atoms with Crippen molar-refractivity contribution in [2.45, 2.75) is 26.2 Å². The summed E-state index contributed by atoms with van der Waals surface area (Å²) in [6, 6.07) is 0. The molecular weight excluding hydrogens is 97.0 g/mol. The van der Waals surface area contributed by atoms with Crippen molar-refractivity contribution in [3.05, 3.63) is 0 Å².